The summed E-state index contributed by atoms with van der Waals surface area (Å²) in [5.41, 5.74) is 1.46. The molecule has 112 valence electrons. The van der Waals surface area contributed by atoms with Gasteiger partial charge >= 0.3 is 0 Å². The highest BCUT2D eigenvalue weighted by molar-refractivity contribution is 7.15. The number of benzene rings is 1. The minimum absolute atomic E-state index is 0.518. The number of anilines is 1. The lowest BCUT2D eigenvalue weighted by Gasteiger charge is -2.15. The van der Waals surface area contributed by atoms with Crippen molar-refractivity contribution in [1.29, 1.82) is 0 Å². The first kappa shape index (κ1) is 14.5. The van der Waals surface area contributed by atoms with Crippen LogP contribution in [-0.4, -0.2) is 24.1 Å². The van der Waals surface area contributed by atoms with Crippen LogP contribution in [0.2, 0.25) is 0 Å². The van der Waals surface area contributed by atoms with Crippen molar-refractivity contribution < 1.29 is 0 Å². The van der Waals surface area contributed by atoms with Gasteiger partial charge in [-0.2, -0.15) is 0 Å². The van der Waals surface area contributed by atoms with Crippen LogP contribution in [0.25, 0.3) is 0 Å². The molecule has 0 amide bonds. The van der Waals surface area contributed by atoms with Gasteiger partial charge in [0.1, 0.15) is 0 Å². The SMILES string of the molecule is CC(C)NCc1cnc(N2CCC(c3ccccc3)C2)s1. The molecule has 1 aliphatic rings. The number of aromatic nitrogens is 1. The topological polar surface area (TPSA) is 28.2 Å². The quantitative estimate of drug-likeness (QED) is 0.914. The summed E-state index contributed by atoms with van der Waals surface area (Å²) in [5.74, 6) is 0.646. The van der Waals surface area contributed by atoms with E-state index in [-0.39, 0.29) is 0 Å². The van der Waals surface area contributed by atoms with Crippen molar-refractivity contribution in [3.8, 4) is 0 Å². The van der Waals surface area contributed by atoms with Crippen LogP contribution in [0, 0.1) is 0 Å². The second kappa shape index (κ2) is 6.58. The normalized spacial score (nSPS) is 18.6. The van der Waals surface area contributed by atoms with Crippen LogP contribution in [-0.2, 0) is 6.54 Å². The summed E-state index contributed by atoms with van der Waals surface area (Å²) in [5, 5.41) is 4.63. The molecule has 1 saturated heterocycles. The van der Waals surface area contributed by atoms with E-state index in [1.807, 2.05) is 17.5 Å². The number of hydrogen-bond donors (Lipinski definition) is 1. The van der Waals surface area contributed by atoms with Gasteiger partial charge in [0.2, 0.25) is 0 Å². The lowest BCUT2D eigenvalue weighted by molar-refractivity contribution is 0.593. The van der Waals surface area contributed by atoms with Crippen molar-refractivity contribution in [2.45, 2.75) is 38.8 Å². The molecule has 3 rings (SSSR count). The van der Waals surface area contributed by atoms with Gasteiger partial charge in [-0.15, -0.1) is 11.3 Å². The van der Waals surface area contributed by atoms with Crippen LogP contribution in [0.3, 0.4) is 0 Å². The van der Waals surface area contributed by atoms with Gasteiger partial charge in [0.15, 0.2) is 5.13 Å². The van der Waals surface area contributed by atoms with Crippen LogP contribution in [0.4, 0.5) is 5.13 Å². The predicted molar refractivity (Wildman–Crippen MR) is 90.1 cm³/mol. The van der Waals surface area contributed by atoms with E-state index < -0.39 is 0 Å². The second-order valence-electron chi connectivity index (χ2n) is 5.99. The van der Waals surface area contributed by atoms with E-state index in [4.69, 9.17) is 0 Å². The number of thiazole rings is 1. The smallest absolute Gasteiger partial charge is 0.185 e. The van der Waals surface area contributed by atoms with Crippen LogP contribution >= 0.6 is 11.3 Å². The molecule has 1 unspecified atom stereocenters. The zero-order valence-electron chi connectivity index (χ0n) is 12.7. The number of nitrogens with zero attached hydrogens (tertiary/aromatic N) is 2. The molecule has 0 aliphatic carbocycles. The Morgan fingerprint density at radius 3 is 2.90 bits per heavy atom. The molecule has 1 aromatic heterocycles. The number of rotatable bonds is 5. The molecule has 0 saturated carbocycles. The van der Waals surface area contributed by atoms with E-state index in [9.17, 15) is 0 Å². The van der Waals surface area contributed by atoms with Crippen LogP contribution in [0.15, 0.2) is 36.5 Å². The third-order valence-electron chi connectivity index (χ3n) is 3.96. The molecule has 3 nitrogen and oxygen atoms in total. The summed E-state index contributed by atoms with van der Waals surface area (Å²) in [6.07, 6.45) is 3.24. The first-order chi connectivity index (χ1) is 10.2. The molecule has 1 N–H and O–H groups in total. The van der Waals surface area contributed by atoms with Gasteiger partial charge in [0.25, 0.3) is 0 Å². The van der Waals surface area contributed by atoms with Gasteiger partial charge in [-0.25, -0.2) is 4.98 Å². The van der Waals surface area contributed by atoms with E-state index in [1.165, 1.54) is 22.0 Å². The molecule has 1 fully saturated rings. The van der Waals surface area contributed by atoms with Gasteiger partial charge < -0.3 is 10.2 Å². The van der Waals surface area contributed by atoms with E-state index in [2.05, 4.69) is 59.4 Å². The van der Waals surface area contributed by atoms with Crippen LogP contribution in [0.5, 0.6) is 0 Å². The third-order valence-corrected chi connectivity index (χ3v) is 5.01. The van der Waals surface area contributed by atoms with Gasteiger partial charge in [-0.1, -0.05) is 44.2 Å². The lowest BCUT2D eigenvalue weighted by Crippen LogP contribution is -2.21. The highest BCUT2D eigenvalue weighted by Gasteiger charge is 2.25. The fourth-order valence-electron chi connectivity index (χ4n) is 2.76. The first-order valence-corrected chi connectivity index (χ1v) is 8.52. The summed E-state index contributed by atoms with van der Waals surface area (Å²) in [6, 6.07) is 11.4. The van der Waals surface area contributed by atoms with Crippen molar-refractivity contribution in [2.75, 3.05) is 18.0 Å². The Balaban J connectivity index is 1.61. The molecule has 1 aliphatic heterocycles. The van der Waals surface area contributed by atoms with E-state index in [0.717, 1.165) is 19.6 Å². The molecule has 1 aromatic carbocycles. The second-order valence-corrected chi connectivity index (χ2v) is 7.08. The number of hydrogen-bond acceptors (Lipinski definition) is 4. The fraction of sp³-hybridized carbons (Fsp3) is 0.471. The summed E-state index contributed by atoms with van der Waals surface area (Å²) in [7, 11) is 0. The van der Waals surface area contributed by atoms with Crippen molar-refractivity contribution in [2.24, 2.45) is 0 Å². The summed E-state index contributed by atoms with van der Waals surface area (Å²) >= 11 is 1.82. The zero-order chi connectivity index (χ0) is 14.7. The van der Waals surface area contributed by atoms with Crippen LogP contribution in [0.1, 0.15) is 36.6 Å². The fourth-order valence-corrected chi connectivity index (χ4v) is 3.66. The molecule has 1 atom stereocenters. The highest BCUT2D eigenvalue weighted by atomic mass is 32.1. The molecular weight excluding hydrogens is 278 g/mol. The predicted octanol–water partition coefficient (Wildman–Crippen LogP) is 3.64. The zero-order valence-corrected chi connectivity index (χ0v) is 13.6. The Morgan fingerprint density at radius 1 is 1.33 bits per heavy atom. The average Bonchev–Trinajstić information content (AvgIpc) is 3.15. The molecule has 0 spiro atoms. The third kappa shape index (κ3) is 3.63. The first-order valence-electron chi connectivity index (χ1n) is 7.70. The van der Waals surface area contributed by atoms with Crippen molar-refractivity contribution in [3.05, 3.63) is 47.0 Å². The minimum atomic E-state index is 0.518. The van der Waals surface area contributed by atoms with Crippen molar-refractivity contribution >= 4 is 16.5 Å². The van der Waals surface area contributed by atoms with Gasteiger partial charge in [0.05, 0.1) is 0 Å². The van der Waals surface area contributed by atoms with E-state index in [1.54, 1.807) is 0 Å². The summed E-state index contributed by atoms with van der Waals surface area (Å²) < 4.78 is 0. The van der Waals surface area contributed by atoms with Crippen molar-refractivity contribution in [3.63, 3.8) is 0 Å². The molecule has 2 heterocycles. The maximum Gasteiger partial charge on any atom is 0.185 e. The standard InChI is InChI=1S/C17H23N3S/c1-13(2)18-10-16-11-19-17(21-16)20-9-8-15(12-20)14-6-4-3-5-7-14/h3-7,11,13,15,18H,8-10,12H2,1-2H3. The lowest BCUT2D eigenvalue weighted by atomic mass is 9.99. The molecule has 21 heavy (non-hydrogen) atoms. The van der Waals surface area contributed by atoms with Crippen molar-refractivity contribution in [1.82, 2.24) is 10.3 Å². The molecule has 2 aromatic rings. The Kier molecular flexibility index (Phi) is 4.56. The van der Waals surface area contributed by atoms with Gasteiger partial charge in [-0.3, -0.25) is 0 Å². The van der Waals surface area contributed by atoms with Gasteiger partial charge in [-0.05, 0) is 12.0 Å². The highest BCUT2D eigenvalue weighted by Crippen LogP contribution is 2.32. The molecular formula is C17H23N3S. The molecule has 0 bridgehead atoms. The Labute approximate surface area is 131 Å². The summed E-state index contributed by atoms with van der Waals surface area (Å²) in [4.78, 5) is 8.36. The average molecular weight is 301 g/mol. The summed E-state index contributed by atoms with van der Waals surface area (Å²) in [6.45, 7) is 7.48. The van der Waals surface area contributed by atoms with Crippen LogP contribution < -0.4 is 10.2 Å². The maximum atomic E-state index is 4.61. The minimum Gasteiger partial charge on any atom is -0.347 e. The Hall–Kier alpha value is -1.39. The largest absolute Gasteiger partial charge is 0.347 e. The molecule has 0 radical (unpaired) electrons. The Morgan fingerprint density at radius 2 is 2.14 bits per heavy atom. The Bertz CT molecular complexity index is 564. The van der Waals surface area contributed by atoms with E-state index >= 15 is 0 Å². The maximum absolute atomic E-state index is 4.61. The molecule has 4 heteroatoms. The number of nitrogens with one attached hydrogen (secondary N) is 1. The van der Waals surface area contributed by atoms with Gasteiger partial charge in [0, 0.05) is 42.7 Å². The van der Waals surface area contributed by atoms with E-state index in [0.29, 0.717) is 12.0 Å². The monoisotopic (exact) mass is 301 g/mol.